The minimum atomic E-state index is -3.58. The van der Waals surface area contributed by atoms with Gasteiger partial charge in [-0.15, -0.1) is 0 Å². The minimum absolute atomic E-state index is 0.139. The van der Waals surface area contributed by atoms with E-state index >= 15 is 0 Å². The monoisotopic (exact) mass is 301 g/mol. The first-order valence-corrected chi connectivity index (χ1v) is 8.10. The second-order valence-electron chi connectivity index (χ2n) is 4.83. The van der Waals surface area contributed by atoms with Crippen molar-refractivity contribution in [1.82, 2.24) is 9.71 Å². The molecule has 6 nitrogen and oxygen atoms in total. The summed E-state index contributed by atoms with van der Waals surface area (Å²) in [5.74, 6) is 0.683. The number of aromatic nitrogens is 1. The average molecular weight is 301 g/mol. The quantitative estimate of drug-likeness (QED) is 0.760. The van der Waals surface area contributed by atoms with E-state index < -0.39 is 10.0 Å². The van der Waals surface area contributed by atoms with Gasteiger partial charge in [0.1, 0.15) is 5.82 Å². The van der Waals surface area contributed by atoms with Crippen molar-refractivity contribution in [3.05, 3.63) is 18.3 Å². The summed E-state index contributed by atoms with van der Waals surface area (Å²) in [6.45, 7) is 6.84. The number of nitrogens with one attached hydrogen (secondary N) is 2. The lowest BCUT2D eigenvalue weighted by molar-refractivity contribution is 0.157. The molecule has 1 unspecified atom stereocenters. The topological polar surface area (TPSA) is 80.3 Å². The zero-order valence-electron chi connectivity index (χ0n) is 12.4. The van der Waals surface area contributed by atoms with Crippen LogP contribution in [0.3, 0.4) is 0 Å². The predicted molar refractivity (Wildman–Crippen MR) is 79.2 cm³/mol. The maximum absolute atomic E-state index is 12.4. The van der Waals surface area contributed by atoms with Crippen molar-refractivity contribution < 1.29 is 13.2 Å². The Morgan fingerprint density at radius 1 is 1.40 bits per heavy atom. The minimum Gasteiger partial charge on any atom is -0.383 e. The molecule has 1 atom stereocenters. The van der Waals surface area contributed by atoms with Gasteiger partial charge in [0.2, 0.25) is 10.0 Å². The summed E-state index contributed by atoms with van der Waals surface area (Å²) in [6.07, 6.45) is 1.48. The Morgan fingerprint density at radius 2 is 2.10 bits per heavy atom. The molecule has 20 heavy (non-hydrogen) atoms. The number of hydrogen-bond acceptors (Lipinski definition) is 5. The van der Waals surface area contributed by atoms with Crippen LogP contribution in [0, 0.1) is 5.92 Å². The molecule has 0 saturated carbocycles. The van der Waals surface area contributed by atoms with E-state index in [1.807, 2.05) is 20.8 Å². The van der Waals surface area contributed by atoms with Crippen molar-refractivity contribution in [3.63, 3.8) is 0 Å². The van der Waals surface area contributed by atoms with E-state index in [9.17, 15) is 8.42 Å². The van der Waals surface area contributed by atoms with E-state index in [1.165, 1.54) is 18.3 Å². The normalized spacial score (nSPS) is 13.4. The third-order valence-electron chi connectivity index (χ3n) is 2.86. The van der Waals surface area contributed by atoms with Crippen LogP contribution in [0.4, 0.5) is 5.82 Å². The summed E-state index contributed by atoms with van der Waals surface area (Å²) in [5.41, 5.74) is 0. The molecule has 0 aliphatic rings. The van der Waals surface area contributed by atoms with Crippen LogP contribution in [0.25, 0.3) is 0 Å². The third-order valence-corrected chi connectivity index (χ3v) is 4.34. The summed E-state index contributed by atoms with van der Waals surface area (Å²) in [6, 6.07) is 2.74. The number of ether oxygens (including phenoxy) is 1. The van der Waals surface area contributed by atoms with E-state index in [1.54, 1.807) is 7.11 Å². The fourth-order valence-electron chi connectivity index (χ4n) is 1.67. The molecule has 0 bridgehead atoms. The summed E-state index contributed by atoms with van der Waals surface area (Å²) < 4.78 is 32.4. The average Bonchev–Trinajstić information content (AvgIpc) is 2.38. The highest BCUT2D eigenvalue weighted by Crippen LogP contribution is 2.14. The molecule has 114 valence electrons. The van der Waals surface area contributed by atoms with Crippen molar-refractivity contribution in [2.24, 2.45) is 5.92 Å². The molecular weight excluding hydrogens is 278 g/mol. The van der Waals surface area contributed by atoms with Crippen LogP contribution in [-0.4, -0.2) is 39.7 Å². The number of methoxy groups -OCH3 is 1. The van der Waals surface area contributed by atoms with E-state index in [2.05, 4.69) is 15.0 Å². The van der Waals surface area contributed by atoms with Gasteiger partial charge in [-0.2, -0.15) is 0 Å². The molecule has 0 spiro atoms. The zero-order valence-corrected chi connectivity index (χ0v) is 13.2. The van der Waals surface area contributed by atoms with Gasteiger partial charge in [-0.1, -0.05) is 13.8 Å². The summed E-state index contributed by atoms with van der Waals surface area (Å²) >= 11 is 0. The Balaban J connectivity index is 2.94. The summed E-state index contributed by atoms with van der Waals surface area (Å²) in [7, 11) is -2.02. The summed E-state index contributed by atoms with van der Waals surface area (Å²) in [4.78, 5) is 4.26. The molecular formula is C13H23N3O3S. The lowest BCUT2D eigenvalue weighted by Gasteiger charge is -2.21. The second-order valence-corrected chi connectivity index (χ2v) is 6.55. The smallest absolute Gasteiger partial charge is 0.241 e. The fourth-order valence-corrected chi connectivity index (χ4v) is 3.05. The van der Waals surface area contributed by atoms with Crippen LogP contribution in [0.2, 0.25) is 0 Å². The third kappa shape index (κ3) is 4.73. The van der Waals surface area contributed by atoms with Crippen molar-refractivity contribution >= 4 is 15.8 Å². The molecule has 0 aromatic carbocycles. The summed E-state index contributed by atoms with van der Waals surface area (Å²) in [5, 5.41) is 2.99. The second kappa shape index (κ2) is 7.56. The van der Waals surface area contributed by atoms with E-state index in [0.29, 0.717) is 19.0 Å². The van der Waals surface area contributed by atoms with Gasteiger partial charge in [0.25, 0.3) is 0 Å². The van der Waals surface area contributed by atoms with Crippen LogP contribution in [0.5, 0.6) is 0 Å². The first-order valence-electron chi connectivity index (χ1n) is 6.62. The molecule has 1 aromatic rings. The van der Waals surface area contributed by atoms with Crippen LogP contribution >= 0.6 is 0 Å². The molecule has 0 aliphatic carbocycles. The Bertz CT molecular complexity index is 517. The van der Waals surface area contributed by atoms with Gasteiger partial charge in [-0.25, -0.2) is 18.1 Å². The first kappa shape index (κ1) is 16.9. The Morgan fingerprint density at radius 3 is 2.65 bits per heavy atom. The van der Waals surface area contributed by atoms with Crippen LogP contribution in [-0.2, 0) is 14.8 Å². The van der Waals surface area contributed by atoms with Crippen molar-refractivity contribution in [3.8, 4) is 0 Å². The molecule has 0 aliphatic heterocycles. The highest BCUT2D eigenvalue weighted by Gasteiger charge is 2.22. The first-order chi connectivity index (χ1) is 9.40. The van der Waals surface area contributed by atoms with E-state index in [0.717, 1.165) is 0 Å². The molecule has 0 saturated heterocycles. The standard InChI is InChI=1S/C13H23N3O3S/c1-5-14-13-8-11(6-7-15-13)20(17,18)16-12(9-19-4)10(2)3/h6-8,10,12,16H,5,9H2,1-4H3,(H,14,15). The van der Waals surface area contributed by atoms with Gasteiger partial charge < -0.3 is 10.1 Å². The van der Waals surface area contributed by atoms with E-state index in [-0.39, 0.29) is 16.9 Å². The fraction of sp³-hybridized carbons (Fsp3) is 0.615. The molecule has 0 radical (unpaired) electrons. The number of anilines is 1. The largest absolute Gasteiger partial charge is 0.383 e. The maximum Gasteiger partial charge on any atom is 0.241 e. The van der Waals surface area contributed by atoms with Gasteiger partial charge >= 0.3 is 0 Å². The van der Waals surface area contributed by atoms with Crippen LogP contribution in [0.15, 0.2) is 23.2 Å². The molecule has 1 rings (SSSR count). The van der Waals surface area contributed by atoms with Crippen molar-refractivity contribution in [2.45, 2.75) is 31.7 Å². The molecule has 7 heteroatoms. The molecule has 0 fully saturated rings. The highest BCUT2D eigenvalue weighted by atomic mass is 32.2. The predicted octanol–water partition coefficient (Wildman–Crippen LogP) is 1.46. The Hall–Kier alpha value is -1.18. The lowest BCUT2D eigenvalue weighted by Crippen LogP contribution is -2.41. The number of nitrogens with zero attached hydrogens (tertiary/aromatic N) is 1. The number of sulfonamides is 1. The highest BCUT2D eigenvalue weighted by molar-refractivity contribution is 7.89. The molecule has 2 N–H and O–H groups in total. The zero-order chi connectivity index (χ0) is 15.2. The Kier molecular flexibility index (Phi) is 6.38. The van der Waals surface area contributed by atoms with Gasteiger partial charge in [0, 0.05) is 32.0 Å². The van der Waals surface area contributed by atoms with Gasteiger partial charge in [0.05, 0.1) is 11.5 Å². The van der Waals surface area contributed by atoms with Gasteiger partial charge in [-0.05, 0) is 18.9 Å². The Labute approximate surface area is 121 Å². The van der Waals surface area contributed by atoms with E-state index in [4.69, 9.17) is 4.74 Å². The van der Waals surface area contributed by atoms with Crippen LogP contribution in [0.1, 0.15) is 20.8 Å². The number of pyridine rings is 1. The molecule has 1 aromatic heterocycles. The maximum atomic E-state index is 12.4. The van der Waals surface area contributed by atoms with Gasteiger partial charge in [0.15, 0.2) is 0 Å². The number of hydrogen-bond donors (Lipinski definition) is 2. The molecule has 1 heterocycles. The number of rotatable bonds is 8. The lowest BCUT2D eigenvalue weighted by atomic mass is 10.1. The molecule has 0 amide bonds. The van der Waals surface area contributed by atoms with Crippen molar-refractivity contribution in [2.75, 3.05) is 25.6 Å². The van der Waals surface area contributed by atoms with Crippen molar-refractivity contribution in [1.29, 1.82) is 0 Å². The van der Waals surface area contributed by atoms with Crippen LogP contribution < -0.4 is 10.0 Å². The SMILES string of the molecule is CCNc1cc(S(=O)(=O)NC(COC)C(C)C)ccn1. The van der Waals surface area contributed by atoms with Gasteiger partial charge in [-0.3, -0.25) is 0 Å².